The standard InChI is InChI=1S/C15H22N2O/c1-5-6-12(4)16-17-15(18)14-9-7-13(8-10-14)11(2)3/h7-11H,5-6H2,1-4H3,(H,17,18)/b16-12+. The maximum atomic E-state index is 11.8. The van der Waals surface area contributed by atoms with Gasteiger partial charge in [0.05, 0.1) is 0 Å². The van der Waals surface area contributed by atoms with Gasteiger partial charge in [-0.1, -0.05) is 39.3 Å². The summed E-state index contributed by atoms with van der Waals surface area (Å²) >= 11 is 0. The van der Waals surface area contributed by atoms with Crippen LogP contribution in [0.4, 0.5) is 0 Å². The predicted molar refractivity (Wildman–Crippen MR) is 76.0 cm³/mol. The summed E-state index contributed by atoms with van der Waals surface area (Å²) in [5, 5.41) is 4.06. The van der Waals surface area contributed by atoms with Crippen molar-refractivity contribution in [1.82, 2.24) is 5.43 Å². The highest BCUT2D eigenvalue weighted by atomic mass is 16.2. The summed E-state index contributed by atoms with van der Waals surface area (Å²) in [5.41, 5.74) is 5.41. The highest BCUT2D eigenvalue weighted by Gasteiger charge is 2.05. The van der Waals surface area contributed by atoms with Gasteiger partial charge < -0.3 is 0 Å². The van der Waals surface area contributed by atoms with E-state index in [0.29, 0.717) is 11.5 Å². The van der Waals surface area contributed by atoms with Gasteiger partial charge in [-0.25, -0.2) is 5.43 Å². The van der Waals surface area contributed by atoms with Crippen LogP contribution in [0, 0.1) is 0 Å². The van der Waals surface area contributed by atoms with E-state index in [4.69, 9.17) is 0 Å². The van der Waals surface area contributed by atoms with Crippen LogP contribution in [0.2, 0.25) is 0 Å². The van der Waals surface area contributed by atoms with Crippen molar-refractivity contribution < 1.29 is 4.79 Å². The third kappa shape index (κ3) is 4.32. The molecule has 0 spiro atoms. The molecule has 0 aliphatic heterocycles. The fourth-order valence-electron chi connectivity index (χ4n) is 1.65. The van der Waals surface area contributed by atoms with Gasteiger partial charge in [-0.2, -0.15) is 5.10 Å². The summed E-state index contributed by atoms with van der Waals surface area (Å²) < 4.78 is 0. The van der Waals surface area contributed by atoms with Gasteiger partial charge in [-0.3, -0.25) is 4.79 Å². The lowest BCUT2D eigenvalue weighted by Gasteiger charge is -2.06. The van der Waals surface area contributed by atoms with Gasteiger partial charge in [-0.05, 0) is 37.0 Å². The van der Waals surface area contributed by atoms with E-state index in [2.05, 4.69) is 31.3 Å². The fraction of sp³-hybridized carbons (Fsp3) is 0.467. The molecule has 98 valence electrons. The Morgan fingerprint density at radius 1 is 1.28 bits per heavy atom. The van der Waals surface area contributed by atoms with E-state index in [1.165, 1.54) is 5.56 Å². The molecule has 18 heavy (non-hydrogen) atoms. The van der Waals surface area contributed by atoms with Crippen LogP contribution in [0.1, 0.15) is 62.4 Å². The van der Waals surface area contributed by atoms with Crippen LogP contribution in [0.3, 0.4) is 0 Å². The molecule has 0 radical (unpaired) electrons. The van der Waals surface area contributed by atoms with Gasteiger partial charge in [-0.15, -0.1) is 0 Å². The van der Waals surface area contributed by atoms with Gasteiger partial charge in [0.15, 0.2) is 0 Å². The molecule has 0 aliphatic rings. The Morgan fingerprint density at radius 3 is 2.39 bits per heavy atom. The first kappa shape index (κ1) is 14.4. The molecular weight excluding hydrogens is 224 g/mol. The monoisotopic (exact) mass is 246 g/mol. The molecule has 0 unspecified atom stereocenters. The number of nitrogens with zero attached hydrogens (tertiary/aromatic N) is 1. The molecule has 0 saturated heterocycles. The topological polar surface area (TPSA) is 41.5 Å². The molecule has 3 nitrogen and oxygen atoms in total. The van der Waals surface area contributed by atoms with E-state index in [9.17, 15) is 4.79 Å². The van der Waals surface area contributed by atoms with Crippen LogP contribution in [-0.4, -0.2) is 11.6 Å². The van der Waals surface area contributed by atoms with Crippen LogP contribution in [0.5, 0.6) is 0 Å². The van der Waals surface area contributed by atoms with Crippen LogP contribution < -0.4 is 5.43 Å². The van der Waals surface area contributed by atoms with Gasteiger partial charge in [0.1, 0.15) is 0 Å². The number of carbonyl (C=O) groups is 1. The molecule has 0 aromatic heterocycles. The minimum Gasteiger partial charge on any atom is -0.267 e. The third-order valence-corrected chi connectivity index (χ3v) is 2.80. The van der Waals surface area contributed by atoms with E-state index in [-0.39, 0.29) is 5.91 Å². The summed E-state index contributed by atoms with van der Waals surface area (Å²) in [6.45, 7) is 8.28. The highest BCUT2D eigenvalue weighted by Crippen LogP contribution is 2.14. The van der Waals surface area contributed by atoms with Crippen LogP contribution in [0.15, 0.2) is 29.4 Å². The van der Waals surface area contributed by atoms with E-state index >= 15 is 0 Å². The summed E-state index contributed by atoms with van der Waals surface area (Å²) in [4.78, 5) is 11.8. The summed E-state index contributed by atoms with van der Waals surface area (Å²) in [6.07, 6.45) is 1.95. The number of rotatable bonds is 5. The molecule has 0 atom stereocenters. The van der Waals surface area contributed by atoms with Crippen molar-refractivity contribution in [3.05, 3.63) is 35.4 Å². The SMILES string of the molecule is CCC/C(C)=N/NC(=O)c1ccc(C(C)C)cc1. The van der Waals surface area contributed by atoms with Crippen molar-refractivity contribution in [1.29, 1.82) is 0 Å². The Hall–Kier alpha value is -1.64. The minimum absolute atomic E-state index is 0.152. The van der Waals surface area contributed by atoms with Gasteiger partial charge in [0.25, 0.3) is 5.91 Å². The first-order valence-electron chi connectivity index (χ1n) is 6.48. The molecule has 0 heterocycles. The molecule has 1 rings (SSSR count). The zero-order chi connectivity index (χ0) is 13.5. The summed E-state index contributed by atoms with van der Waals surface area (Å²) in [5.74, 6) is 0.327. The third-order valence-electron chi connectivity index (χ3n) is 2.80. The zero-order valence-corrected chi connectivity index (χ0v) is 11.7. The molecule has 0 aliphatic carbocycles. The maximum Gasteiger partial charge on any atom is 0.271 e. The molecule has 1 amide bonds. The average molecular weight is 246 g/mol. The number of hydrogen-bond acceptors (Lipinski definition) is 2. The average Bonchev–Trinajstić information content (AvgIpc) is 2.36. The number of carbonyl (C=O) groups excluding carboxylic acids is 1. The number of benzene rings is 1. The largest absolute Gasteiger partial charge is 0.271 e. The van der Waals surface area contributed by atoms with E-state index in [0.717, 1.165) is 18.6 Å². The van der Waals surface area contributed by atoms with Gasteiger partial charge >= 0.3 is 0 Å². The van der Waals surface area contributed by atoms with Crippen molar-refractivity contribution in [3.63, 3.8) is 0 Å². The second kappa shape index (κ2) is 6.94. The molecule has 1 aromatic carbocycles. The van der Waals surface area contributed by atoms with Crippen molar-refractivity contribution >= 4 is 11.6 Å². The highest BCUT2D eigenvalue weighted by molar-refractivity contribution is 5.95. The van der Waals surface area contributed by atoms with Crippen LogP contribution >= 0.6 is 0 Å². The zero-order valence-electron chi connectivity index (χ0n) is 11.7. The second-order valence-electron chi connectivity index (χ2n) is 4.81. The number of hydrazone groups is 1. The Bertz CT molecular complexity index is 419. The van der Waals surface area contributed by atoms with Gasteiger partial charge in [0, 0.05) is 11.3 Å². The number of nitrogens with one attached hydrogen (secondary N) is 1. The lowest BCUT2D eigenvalue weighted by Crippen LogP contribution is -2.19. The smallest absolute Gasteiger partial charge is 0.267 e. The lowest BCUT2D eigenvalue weighted by molar-refractivity contribution is 0.0954. The van der Waals surface area contributed by atoms with E-state index in [1.54, 1.807) is 0 Å². The Kier molecular flexibility index (Phi) is 5.56. The van der Waals surface area contributed by atoms with Crippen molar-refractivity contribution in [2.75, 3.05) is 0 Å². The van der Waals surface area contributed by atoms with Crippen molar-refractivity contribution in [2.45, 2.75) is 46.5 Å². The fourth-order valence-corrected chi connectivity index (χ4v) is 1.65. The van der Waals surface area contributed by atoms with Crippen molar-refractivity contribution in [3.8, 4) is 0 Å². The molecule has 3 heteroatoms. The van der Waals surface area contributed by atoms with Crippen molar-refractivity contribution in [2.24, 2.45) is 5.10 Å². The summed E-state index contributed by atoms with van der Waals surface area (Å²) in [6, 6.07) is 7.66. The predicted octanol–water partition coefficient (Wildman–Crippen LogP) is 3.72. The molecular formula is C15H22N2O. The minimum atomic E-state index is -0.152. The number of hydrogen-bond donors (Lipinski definition) is 1. The second-order valence-corrected chi connectivity index (χ2v) is 4.81. The van der Waals surface area contributed by atoms with E-state index in [1.807, 2.05) is 31.2 Å². The quantitative estimate of drug-likeness (QED) is 0.624. The van der Waals surface area contributed by atoms with Gasteiger partial charge in [0.2, 0.25) is 0 Å². The maximum absolute atomic E-state index is 11.8. The normalized spacial score (nSPS) is 11.7. The molecule has 1 N–H and O–H groups in total. The lowest BCUT2D eigenvalue weighted by atomic mass is 10.0. The number of amides is 1. The molecule has 0 saturated carbocycles. The van der Waals surface area contributed by atoms with Crippen LogP contribution in [0.25, 0.3) is 0 Å². The Balaban J connectivity index is 2.65. The molecule has 0 bridgehead atoms. The first-order valence-corrected chi connectivity index (χ1v) is 6.48. The van der Waals surface area contributed by atoms with E-state index < -0.39 is 0 Å². The summed E-state index contributed by atoms with van der Waals surface area (Å²) in [7, 11) is 0. The molecule has 0 fully saturated rings. The molecule has 1 aromatic rings. The first-order chi connectivity index (χ1) is 8.54. The Labute approximate surface area is 109 Å². The Morgan fingerprint density at radius 2 is 1.89 bits per heavy atom. The van der Waals surface area contributed by atoms with Crippen LogP contribution in [-0.2, 0) is 0 Å².